The molecule has 3 aromatic rings. The lowest BCUT2D eigenvalue weighted by atomic mass is 9.90. The maximum absolute atomic E-state index is 13.4. The summed E-state index contributed by atoms with van der Waals surface area (Å²) in [5.41, 5.74) is 3.19. The summed E-state index contributed by atoms with van der Waals surface area (Å²) in [6, 6.07) is 18.9. The maximum atomic E-state index is 13.4. The number of rotatable bonds is 5. The number of ether oxygens (including phenoxy) is 1. The number of aliphatic imine (C=N–C) groups is 1. The van der Waals surface area contributed by atoms with Crippen molar-refractivity contribution in [2.24, 2.45) is 10.9 Å². The minimum Gasteiger partial charge on any atom is -0.495 e. The second-order valence-electron chi connectivity index (χ2n) is 9.18. The summed E-state index contributed by atoms with van der Waals surface area (Å²) in [7, 11) is 1.58. The van der Waals surface area contributed by atoms with Crippen LogP contribution in [0.25, 0.3) is 0 Å². The lowest BCUT2D eigenvalue weighted by Gasteiger charge is -2.46. The number of guanidine groups is 1. The summed E-state index contributed by atoms with van der Waals surface area (Å²) in [6.45, 7) is 4.40. The molecule has 0 spiro atoms. The number of benzene rings is 3. The molecule has 2 atom stereocenters. The Morgan fingerprint density at radius 3 is 2.41 bits per heavy atom. The normalized spacial score (nSPS) is 18.2. The molecule has 5 rings (SSSR count). The Morgan fingerprint density at radius 1 is 1.05 bits per heavy atom. The smallest absolute Gasteiger partial charge is 0.308 e. The largest absolute Gasteiger partial charge is 0.495 e. The zero-order valence-electron chi connectivity index (χ0n) is 20.6. The number of para-hydroxylation sites is 1. The van der Waals surface area contributed by atoms with Crippen molar-refractivity contribution in [2.45, 2.75) is 13.0 Å². The fourth-order valence-corrected chi connectivity index (χ4v) is 5.21. The number of aliphatic carboxylic acids is 1. The molecule has 0 amide bonds. The van der Waals surface area contributed by atoms with E-state index < -0.39 is 17.9 Å². The van der Waals surface area contributed by atoms with E-state index in [0.717, 1.165) is 16.9 Å². The van der Waals surface area contributed by atoms with Gasteiger partial charge in [-0.3, -0.25) is 4.79 Å². The summed E-state index contributed by atoms with van der Waals surface area (Å²) < 4.78 is 19.1. The highest BCUT2D eigenvalue weighted by molar-refractivity contribution is 6.31. The molecule has 0 saturated carbocycles. The van der Waals surface area contributed by atoms with Crippen LogP contribution in [0.1, 0.15) is 18.5 Å². The van der Waals surface area contributed by atoms with Crippen molar-refractivity contribution in [3.63, 3.8) is 0 Å². The van der Waals surface area contributed by atoms with Crippen LogP contribution < -0.4 is 14.5 Å². The average molecular weight is 523 g/mol. The Labute approximate surface area is 220 Å². The molecule has 2 aliphatic heterocycles. The van der Waals surface area contributed by atoms with Gasteiger partial charge in [0.25, 0.3) is 0 Å². The van der Waals surface area contributed by atoms with Gasteiger partial charge in [0, 0.05) is 42.5 Å². The zero-order valence-corrected chi connectivity index (χ0v) is 21.4. The molecule has 0 radical (unpaired) electrons. The third kappa shape index (κ3) is 4.81. The molecule has 2 heterocycles. The zero-order chi connectivity index (χ0) is 26.1. The van der Waals surface area contributed by atoms with Crippen LogP contribution in [0.15, 0.2) is 71.7 Å². The van der Waals surface area contributed by atoms with E-state index in [1.165, 1.54) is 12.1 Å². The number of methoxy groups -OCH3 is 1. The Morgan fingerprint density at radius 2 is 1.73 bits per heavy atom. The van der Waals surface area contributed by atoms with E-state index in [1.54, 1.807) is 44.4 Å². The highest BCUT2D eigenvalue weighted by Crippen LogP contribution is 2.45. The minimum atomic E-state index is -0.909. The number of anilines is 2. The van der Waals surface area contributed by atoms with E-state index in [4.69, 9.17) is 21.3 Å². The predicted octanol–water partition coefficient (Wildman–Crippen LogP) is 5.58. The highest BCUT2D eigenvalue weighted by atomic mass is 35.5. The number of hydrogen-bond donors (Lipinski definition) is 1. The minimum absolute atomic E-state index is 0.262. The number of carbonyl (C=O) groups is 1. The van der Waals surface area contributed by atoms with E-state index >= 15 is 0 Å². The first-order chi connectivity index (χ1) is 17.9. The molecule has 1 N–H and O–H groups in total. The Kier molecular flexibility index (Phi) is 6.93. The molecule has 9 heteroatoms. The molecule has 2 aliphatic rings. The van der Waals surface area contributed by atoms with Crippen LogP contribution in [0.5, 0.6) is 5.75 Å². The van der Waals surface area contributed by atoms with Crippen molar-refractivity contribution in [1.82, 2.24) is 4.90 Å². The van der Waals surface area contributed by atoms with Crippen molar-refractivity contribution in [2.75, 3.05) is 43.1 Å². The summed E-state index contributed by atoms with van der Waals surface area (Å²) in [5.74, 6) is -0.702. The van der Waals surface area contributed by atoms with Gasteiger partial charge in [0.05, 0.1) is 30.4 Å². The third-order valence-electron chi connectivity index (χ3n) is 6.99. The van der Waals surface area contributed by atoms with Crippen molar-refractivity contribution in [3.05, 3.63) is 83.1 Å². The average Bonchev–Trinajstić information content (AvgIpc) is 2.92. The van der Waals surface area contributed by atoms with Crippen LogP contribution in [0, 0.1) is 11.7 Å². The summed E-state index contributed by atoms with van der Waals surface area (Å²) >= 11 is 6.43. The second-order valence-corrected chi connectivity index (χ2v) is 9.62. The predicted molar refractivity (Wildman–Crippen MR) is 144 cm³/mol. The Hall–Kier alpha value is -3.78. The molecule has 37 heavy (non-hydrogen) atoms. The number of halogens is 2. The number of fused-ring (bicyclic) bond motifs is 1. The van der Waals surface area contributed by atoms with Gasteiger partial charge in [0.2, 0.25) is 5.96 Å². The molecule has 0 aliphatic carbocycles. The molecule has 0 aromatic heterocycles. The van der Waals surface area contributed by atoms with Gasteiger partial charge in [-0.1, -0.05) is 29.8 Å². The number of carboxylic acids is 1. The molecule has 1 saturated heterocycles. The quantitative estimate of drug-likeness (QED) is 0.472. The van der Waals surface area contributed by atoms with Crippen LogP contribution in [-0.4, -0.2) is 55.2 Å². The molecule has 1 fully saturated rings. The number of piperazine rings is 1. The van der Waals surface area contributed by atoms with Gasteiger partial charge >= 0.3 is 5.97 Å². The SMILES string of the molecule is COc1ccc(Cl)cc1N1C(N2CCN(c3ccc(F)cc3)CC2)=Nc2ccccc2C1C(C)C(=O)O. The monoisotopic (exact) mass is 522 g/mol. The Balaban J connectivity index is 1.58. The summed E-state index contributed by atoms with van der Waals surface area (Å²) in [5, 5.41) is 10.6. The molecule has 3 aromatic carbocycles. The number of hydrogen-bond acceptors (Lipinski definition) is 6. The van der Waals surface area contributed by atoms with Crippen molar-refractivity contribution in [1.29, 1.82) is 0 Å². The van der Waals surface area contributed by atoms with Crippen LogP contribution in [0.2, 0.25) is 5.02 Å². The molecular formula is C28H28ClFN4O3. The van der Waals surface area contributed by atoms with E-state index in [2.05, 4.69) is 9.80 Å². The fraction of sp³-hybridized carbons (Fsp3) is 0.286. The van der Waals surface area contributed by atoms with Gasteiger partial charge in [-0.15, -0.1) is 0 Å². The van der Waals surface area contributed by atoms with Crippen LogP contribution in [0.4, 0.5) is 21.5 Å². The first-order valence-electron chi connectivity index (χ1n) is 12.2. The van der Waals surface area contributed by atoms with Gasteiger partial charge < -0.3 is 24.5 Å². The summed E-state index contributed by atoms with van der Waals surface area (Å²) in [4.78, 5) is 23.7. The van der Waals surface area contributed by atoms with E-state index in [9.17, 15) is 14.3 Å². The standard InChI is InChI=1S/C28H28ClFN4O3/c1-18(27(35)36)26-22-5-3-4-6-23(22)31-28(34(26)24-17-19(29)7-12-25(24)37-2)33-15-13-32(14-16-33)21-10-8-20(30)9-11-21/h3-12,17-18,26H,13-16H2,1-2H3,(H,35,36). The molecule has 7 nitrogen and oxygen atoms in total. The van der Waals surface area contributed by atoms with Crippen LogP contribution in [-0.2, 0) is 4.79 Å². The van der Waals surface area contributed by atoms with Gasteiger partial charge in [0.15, 0.2) is 0 Å². The Bertz CT molecular complexity index is 1330. The maximum Gasteiger partial charge on any atom is 0.308 e. The van der Waals surface area contributed by atoms with Crippen LogP contribution >= 0.6 is 11.6 Å². The second kappa shape index (κ2) is 10.3. The third-order valence-corrected chi connectivity index (χ3v) is 7.22. The fourth-order valence-electron chi connectivity index (χ4n) is 5.04. The molecule has 0 bridgehead atoms. The van der Waals surface area contributed by atoms with E-state index in [0.29, 0.717) is 48.6 Å². The summed E-state index contributed by atoms with van der Waals surface area (Å²) in [6.07, 6.45) is 0. The topological polar surface area (TPSA) is 68.6 Å². The highest BCUT2D eigenvalue weighted by Gasteiger charge is 2.41. The first-order valence-corrected chi connectivity index (χ1v) is 12.5. The first kappa shape index (κ1) is 24.9. The van der Waals surface area contributed by atoms with Crippen molar-refractivity contribution < 1.29 is 19.0 Å². The van der Waals surface area contributed by atoms with Gasteiger partial charge in [0.1, 0.15) is 11.6 Å². The molecule has 2 unspecified atom stereocenters. The molecule has 192 valence electrons. The van der Waals surface area contributed by atoms with E-state index in [-0.39, 0.29) is 5.82 Å². The van der Waals surface area contributed by atoms with Crippen LogP contribution in [0.3, 0.4) is 0 Å². The van der Waals surface area contributed by atoms with Gasteiger partial charge in [-0.2, -0.15) is 0 Å². The van der Waals surface area contributed by atoms with E-state index in [1.807, 2.05) is 29.2 Å². The lowest BCUT2D eigenvalue weighted by molar-refractivity contribution is -0.141. The van der Waals surface area contributed by atoms with Crippen molar-refractivity contribution >= 4 is 40.6 Å². The van der Waals surface area contributed by atoms with Crippen molar-refractivity contribution in [3.8, 4) is 5.75 Å². The van der Waals surface area contributed by atoms with Gasteiger partial charge in [-0.25, -0.2) is 9.38 Å². The number of carboxylic acid groups (broad SMARTS) is 1. The lowest BCUT2D eigenvalue weighted by Crippen LogP contribution is -2.56. The van der Waals surface area contributed by atoms with Gasteiger partial charge in [-0.05, 0) is 55.5 Å². The molecular weight excluding hydrogens is 495 g/mol. The number of nitrogens with zero attached hydrogens (tertiary/aromatic N) is 4.